The number of primary amides is 1. The van der Waals surface area contributed by atoms with Crippen molar-refractivity contribution in [3.8, 4) is 22.6 Å². The zero-order chi connectivity index (χ0) is 22.1. The van der Waals surface area contributed by atoms with Crippen molar-refractivity contribution in [2.24, 2.45) is 5.73 Å². The number of fused-ring (bicyclic) bond motifs is 1. The number of carbonyl (C=O) groups is 1. The smallest absolute Gasteiger partial charge is 0.248 e. The number of hydrogen-bond acceptors (Lipinski definition) is 5. The molecule has 0 spiro atoms. The average Bonchev–Trinajstić information content (AvgIpc) is 3.23. The number of pyridine rings is 1. The summed E-state index contributed by atoms with van der Waals surface area (Å²) in [5.41, 5.74) is 12.8. The number of aromatic amines is 1. The van der Waals surface area contributed by atoms with E-state index in [1.54, 1.807) is 24.5 Å². The summed E-state index contributed by atoms with van der Waals surface area (Å²) in [5.74, 6) is 0.355. The average molecular weight is 420 g/mol. The number of nitrogens with one attached hydrogen (secondary N) is 1. The summed E-state index contributed by atoms with van der Waals surface area (Å²) in [7, 11) is 0. The zero-order valence-corrected chi connectivity index (χ0v) is 17.4. The lowest BCUT2D eigenvalue weighted by molar-refractivity contribution is 0.100. The van der Waals surface area contributed by atoms with Crippen LogP contribution in [-0.4, -0.2) is 30.8 Å². The van der Waals surface area contributed by atoms with Crippen molar-refractivity contribution in [2.75, 3.05) is 0 Å². The quantitative estimate of drug-likeness (QED) is 0.445. The molecule has 7 nitrogen and oxygen atoms in total. The third kappa shape index (κ3) is 3.83. The van der Waals surface area contributed by atoms with E-state index < -0.39 is 5.91 Å². The molecule has 2 aromatic carbocycles. The fourth-order valence-electron chi connectivity index (χ4n) is 3.67. The van der Waals surface area contributed by atoms with Crippen LogP contribution in [-0.2, 0) is 6.42 Å². The molecule has 0 aliphatic heterocycles. The highest BCUT2D eigenvalue weighted by molar-refractivity contribution is 5.92. The van der Waals surface area contributed by atoms with Crippen molar-refractivity contribution in [1.82, 2.24) is 24.9 Å². The van der Waals surface area contributed by atoms with Crippen molar-refractivity contribution < 1.29 is 4.79 Å². The second-order valence-corrected chi connectivity index (χ2v) is 7.57. The summed E-state index contributed by atoms with van der Waals surface area (Å²) in [6.07, 6.45) is 3.94. The zero-order valence-electron chi connectivity index (χ0n) is 17.4. The molecule has 0 atom stereocenters. The molecule has 5 aromatic rings. The number of hydrogen-bond donors (Lipinski definition) is 2. The first-order valence-electron chi connectivity index (χ1n) is 10.2. The monoisotopic (exact) mass is 420 g/mol. The Hall–Kier alpha value is -4.39. The number of nitrogens with zero attached hydrogens (tertiary/aromatic N) is 4. The van der Waals surface area contributed by atoms with Crippen molar-refractivity contribution in [3.05, 3.63) is 95.7 Å². The van der Waals surface area contributed by atoms with E-state index in [1.807, 2.05) is 55.5 Å². The van der Waals surface area contributed by atoms with Gasteiger partial charge in [-0.15, -0.1) is 0 Å². The number of amides is 1. The van der Waals surface area contributed by atoms with Gasteiger partial charge in [0.15, 0.2) is 0 Å². The Balaban J connectivity index is 1.59. The van der Waals surface area contributed by atoms with E-state index in [0.29, 0.717) is 12.0 Å². The molecule has 0 bridgehead atoms. The van der Waals surface area contributed by atoms with Crippen LogP contribution in [0.3, 0.4) is 0 Å². The Bertz CT molecular complexity index is 1440. The lowest BCUT2D eigenvalue weighted by Gasteiger charge is -2.04. The number of nitrogens with two attached hydrogens (primary N) is 1. The van der Waals surface area contributed by atoms with Crippen molar-refractivity contribution >= 4 is 16.9 Å². The van der Waals surface area contributed by atoms with Gasteiger partial charge in [-0.1, -0.05) is 24.3 Å². The summed E-state index contributed by atoms with van der Waals surface area (Å²) in [4.78, 5) is 33.2. The van der Waals surface area contributed by atoms with Gasteiger partial charge in [0.1, 0.15) is 5.82 Å². The van der Waals surface area contributed by atoms with Gasteiger partial charge >= 0.3 is 0 Å². The van der Waals surface area contributed by atoms with Gasteiger partial charge in [-0.3, -0.25) is 19.7 Å². The molecule has 0 aliphatic carbocycles. The Morgan fingerprint density at radius 2 is 1.72 bits per heavy atom. The summed E-state index contributed by atoms with van der Waals surface area (Å²) < 4.78 is 0. The number of rotatable bonds is 5. The molecule has 3 aromatic heterocycles. The molecule has 3 heterocycles. The van der Waals surface area contributed by atoms with Crippen LogP contribution in [0.1, 0.15) is 27.4 Å². The molecule has 1 amide bonds. The van der Waals surface area contributed by atoms with Gasteiger partial charge in [0.25, 0.3) is 0 Å². The van der Waals surface area contributed by atoms with Gasteiger partial charge < -0.3 is 10.7 Å². The minimum absolute atomic E-state index is 0.441. The first-order valence-corrected chi connectivity index (χ1v) is 10.2. The molecule has 0 aliphatic rings. The highest BCUT2D eigenvalue weighted by atomic mass is 16.1. The number of H-pyrrole nitrogens is 1. The second kappa shape index (κ2) is 8.03. The first-order chi connectivity index (χ1) is 15.6. The minimum Gasteiger partial charge on any atom is -0.366 e. The Morgan fingerprint density at radius 3 is 2.47 bits per heavy atom. The maximum atomic E-state index is 11.3. The molecule has 0 radical (unpaired) electrons. The largest absolute Gasteiger partial charge is 0.366 e. The summed E-state index contributed by atoms with van der Waals surface area (Å²) in [6, 6.07) is 19.1. The Morgan fingerprint density at radius 1 is 0.938 bits per heavy atom. The lowest BCUT2D eigenvalue weighted by atomic mass is 10.1. The number of aryl methyl sites for hydroxylation is 1. The molecular formula is C25H20N6O. The molecule has 156 valence electrons. The van der Waals surface area contributed by atoms with Crippen LogP contribution in [0.25, 0.3) is 33.7 Å². The third-order valence-electron chi connectivity index (χ3n) is 5.25. The number of imidazole rings is 1. The van der Waals surface area contributed by atoms with Gasteiger partial charge in [0.05, 0.1) is 28.1 Å². The van der Waals surface area contributed by atoms with Gasteiger partial charge in [0.2, 0.25) is 5.91 Å². The van der Waals surface area contributed by atoms with E-state index in [0.717, 1.165) is 50.8 Å². The van der Waals surface area contributed by atoms with Crippen molar-refractivity contribution in [1.29, 1.82) is 0 Å². The van der Waals surface area contributed by atoms with Crippen LogP contribution in [0.2, 0.25) is 0 Å². The summed E-state index contributed by atoms with van der Waals surface area (Å²) in [6.45, 7) is 1.96. The van der Waals surface area contributed by atoms with Crippen LogP contribution in [0, 0.1) is 6.92 Å². The molecule has 3 N–H and O–H groups in total. The van der Waals surface area contributed by atoms with Crippen LogP contribution in [0.5, 0.6) is 0 Å². The second-order valence-electron chi connectivity index (χ2n) is 7.57. The SMILES string of the molecule is Cc1cccc(-c2[nH]c(Cc3ccc(C(N)=O)cc3)nc2-c2ccc3nccnc3c2)n1. The number of aromatic nitrogens is 5. The van der Waals surface area contributed by atoms with E-state index in [1.165, 1.54) is 0 Å². The molecule has 0 saturated carbocycles. The normalized spacial score (nSPS) is 11.0. The fraction of sp³-hybridized carbons (Fsp3) is 0.0800. The maximum Gasteiger partial charge on any atom is 0.248 e. The third-order valence-corrected chi connectivity index (χ3v) is 5.25. The van der Waals surface area contributed by atoms with E-state index in [4.69, 9.17) is 15.7 Å². The molecule has 0 unspecified atom stereocenters. The van der Waals surface area contributed by atoms with Gasteiger partial charge in [0, 0.05) is 35.6 Å². The molecule has 32 heavy (non-hydrogen) atoms. The van der Waals surface area contributed by atoms with Crippen LogP contribution < -0.4 is 5.73 Å². The summed E-state index contributed by atoms with van der Waals surface area (Å²) >= 11 is 0. The minimum atomic E-state index is -0.441. The first kappa shape index (κ1) is 19.6. The van der Waals surface area contributed by atoms with Gasteiger partial charge in [-0.2, -0.15) is 0 Å². The lowest BCUT2D eigenvalue weighted by Crippen LogP contribution is -2.10. The predicted octanol–water partition coefficient (Wildman–Crippen LogP) is 4.08. The fourth-order valence-corrected chi connectivity index (χ4v) is 3.67. The van der Waals surface area contributed by atoms with E-state index in [-0.39, 0.29) is 0 Å². The maximum absolute atomic E-state index is 11.3. The van der Waals surface area contributed by atoms with Crippen LogP contribution >= 0.6 is 0 Å². The standard InChI is InChI=1S/C25H20N6O/c1-15-3-2-4-20(29-15)24-23(18-9-10-19-21(14-18)28-12-11-27-19)30-22(31-24)13-16-5-7-17(8-6-16)25(26)32/h2-12,14H,13H2,1H3,(H2,26,32)(H,30,31). The Labute approximate surface area is 184 Å². The molecule has 0 saturated heterocycles. The van der Waals surface area contributed by atoms with Crippen molar-refractivity contribution in [3.63, 3.8) is 0 Å². The van der Waals surface area contributed by atoms with Gasteiger partial charge in [-0.05, 0) is 48.9 Å². The topological polar surface area (TPSA) is 110 Å². The van der Waals surface area contributed by atoms with Crippen LogP contribution in [0.4, 0.5) is 0 Å². The Kier molecular flexibility index (Phi) is 4.91. The highest BCUT2D eigenvalue weighted by Crippen LogP contribution is 2.31. The number of benzene rings is 2. The molecule has 5 rings (SSSR count). The molecule has 0 fully saturated rings. The van der Waals surface area contributed by atoms with E-state index in [9.17, 15) is 4.79 Å². The number of carbonyl (C=O) groups excluding carboxylic acids is 1. The van der Waals surface area contributed by atoms with Gasteiger partial charge in [-0.25, -0.2) is 4.98 Å². The van der Waals surface area contributed by atoms with Crippen molar-refractivity contribution in [2.45, 2.75) is 13.3 Å². The van der Waals surface area contributed by atoms with Crippen LogP contribution in [0.15, 0.2) is 73.1 Å². The molecule has 7 heteroatoms. The summed E-state index contributed by atoms with van der Waals surface area (Å²) in [5, 5.41) is 0. The predicted molar refractivity (Wildman–Crippen MR) is 123 cm³/mol. The van der Waals surface area contributed by atoms with E-state index in [2.05, 4.69) is 15.0 Å². The van der Waals surface area contributed by atoms with E-state index >= 15 is 0 Å². The highest BCUT2D eigenvalue weighted by Gasteiger charge is 2.16. The molecular weight excluding hydrogens is 400 g/mol.